The van der Waals surface area contributed by atoms with Crippen LogP contribution < -0.4 is 5.32 Å². The Bertz CT molecular complexity index is 748. The largest absolute Gasteiger partial charge is 0.322 e. The van der Waals surface area contributed by atoms with Crippen LogP contribution >= 0.6 is 52.2 Å². The normalized spacial score (nSPS) is 11.5. The summed E-state index contributed by atoms with van der Waals surface area (Å²) in [5.74, 6) is 0. The molecule has 1 heterocycles. The molecule has 0 aliphatic heterocycles. The van der Waals surface area contributed by atoms with E-state index in [0.717, 1.165) is 5.56 Å². The Balaban J connectivity index is 2.05. The monoisotopic (exact) mass is 439 g/mol. The lowest BCUT2D eigenvalue weighted by Gasteiger charge is -2.19. The summed E-state index contributed by atoms with van der Waals surface area (Å²) in [5.41, 5.74) is -1.66. The summed E-state index contributed by atoms with van der Waals surface area (Å²) in [6, 6.07) is 7.47. The van der Waals surface area contributed by atoms with E-state index in [1.165, 1.54) is 22.7 Å². The van der Waals surface area contributed by atoms with Crippen molar-refractivity contribution < 1.29 is 9.05 Å². The van der Waals surface area contributed by atoms with Gasteiger partial charge >= 0.3 is 0 Å². The molecule has 0 bridgehead atoms. The second kappa shape index (κ2) is 9.54. The zero-order chi connectivity index (χ0) is 17.6. The van der Waals surface area contributed by atoms with Crippen LogP contribution in [0.15, 0.2) is 24.3 Å². The van der Waals surface area contributed by atoms with E-state index < -0.39 is 5.69 Å². The number of halogens is 1. The van der Waals surface area contributed by atoms with Gasteiger partial charge in [0.1, 0.15) is 4.32 Å². The van der Waals surface area contributed by atoms with Gasteiger partial charge in [0.25, 0.3) is 5.69 Å². The molecule has 0 atom stereocenters. The molecular formula is C13H15ClN3O2PS4. The lowest BCUT2D eigenvalue weighted by Crippen LogP contribution is -2.05. The van der Waals surface area contributed by atoms with Crippen LogP contribution in [0.5, 0.6) is 0 Å². The molecule has 1 N–H and O–H groups in total. The second-order valence-electron chi connectivity index (χ2n) is 4.18. The molecule has 0 fully saturated rings. The van der Waals surface area contributed by atoms with Gasteiger partial charge in [0.2, 0.25) is 5.13 Å². The lowest BCUT2D eigenvalue weighted by molar-refractivity contribution is 0.281. The number of aromatic nitrogens is 2. The van der Waals surface area contributed by atoms with Crippen LogP contribution in [0.1, 0.15) is 13.8 Å². The summed E-state index contributed by atoms with van der Waals surface area (Å²) < 4.78 is 11.6. The van der Waals surface area contributed by atoms with Crippen LogP contribution in [-0.2, 0) is 20.9 Å². The number of nitrogens with zero attached hydrogens (tertiary/aromatic N) is 2. The number of rotatable bonds is 7. The Morgan fingerprint density at radius 1 is 1.29 bits per heavy atom. The Morgan fingerprint density at radius 3 is 2.58 bits per heavy atom. The molecule has 0 unspecified atom stereocenters. The highest BCUT2D eigenvalue weighted by Gasteiger charge is 2.22. The number of hydrogen-bond acceptors (Lipinski definition) is 8. The van der Waals surface area contributed by atoms with Gasteiger partial charge in [-0.2, -0.15) is 0 Å². The molecule has 0 radical (unpaired) electrons. The fraction of sp³-hybridized carbons (Fsp3) is 0.308. The standard InChI is InChI=1S/C13H15ClN3O2PS4/c1-3-18-20(22,19-4-2)24-13(21)15-12-17-16-11(23-12)9-7-5-6-8-10(9)14/h5-8H,3-4H2,1-2H3,(H,15,17,21). The van der Waals surface area contributed by atoms with E-state index in [4.69, 9.17) is 44.7 Å². The van der Waals surface area contributed by atoms with Crippen molar-refractivity contribution in [3.8, 4) is 10.6 Å². The predicted octanol–water partition coefficient (Wildman–Crippen LogP) is 5.59. The number of thiocarbonyl (C=S) groups is 1. The second-order valence-corrected chi connectivity index (χ2v) is 12.4. The van der Waals surface area contributed by atoms with E-state index in [9.17, 15) is 0 Å². The predicted molar refractivity (Wildman–Crippen MR) is 112 cm³/mol. The molecule has 130 valence electrons. The third-order valence-corrected chi connectivity index (χ3v) is 9.23. The zero-order valence-corrected chi connectivity index (χ0v) is 17.8. The average molecular weight is 440 g/mol. The molecule has 0 saturated carbocycles. The van der Waals surface area contributed by atoms with Crippen molar-refractivity contribution in [2.75, 3.05) is 18.5 Å². The number of hydrogen-bond donors (Lipinski definition) is 1. The van der Waals surface area contributed by atoms with Crippen LogP contribution in [0.25, 0.3) is 10.6 Å². The minimum absolute atomic E-state index is 0.446. The van der Waals surface area contributed by atoms with E-state index in [0.29, 0.717) is 32.7 Å². The highest BCUT2D eigenvalue weighted by Crippen LogP contribution is 2.61. The summed E-state index contributed by atoms with van der Waals surface area (Å²) in [7, 11) is 0. The van der Waals surface area contributed by atoms with Gasteiger partial charge in [-0.25, -0.2) is 0 Å². The van der Waals surface area contributed by atoms with Crippen molar-refractivity contribution in [2.24, 2.45) is 0 Å². The molecule has 1 aromatic carbocycles. The molecule has 2 rings (SSSR count). The fourth-order valence-electron chi connectivity index (χ4n) is 1.64. The molecule has 5 nitrogen and oxygen atoms in total. The molecule has 0 amide bonds. The maximum atomic E-state index is 6.18. The maximum Gasteiger partial charge on any atom is 0.254 e. The fourth-order valence-corrected chi connectivity index (χ4v) is 8.39. The highest BCUT2D eigenvalue weighted by molar-refractivity contribution is 8.75. The summed E-state index contributed by atoms with van der Waals surface area (Å²) in [6.45, 7) is 4.69. The molecule has 2 aromatic rings. The van der Waals surface area contributed by atoms with Crippen LogP contribution in [0.2, 0.25) is 5.02 Å². The van der Waals surface area contributed by atoms with Gasteiger partial charge < -0.3 is 14.4 Å². The van der Waals surface area contributed by atoms with Gasteiger partial charge in [-0.3, -0.25) is 0 Å². The zero-order valence-electron chi connectivity index (χ0n) is 12.9. The number of nitrogens with one attached hydrogen (secondary N) is 1. The van der Waals surface area contributed by atoms with Crippen molar-refractivity contribution >= 4 is 73.5 Å². The van der Waals surface area contributed by atoms with Crippen LogP contribution in [0.4, 0.5) is 5.13 Å². The first-order valence-electron chi connectivity index (χ1n) is 6.95. The summed E-state index contributed by atoms with van der Waals surface area (Å²) in [5, 5.41) is 13.2. The molecule has 24 heavy (non-hydrogen) atoms. The Morgan fingerprint density at radius 2 is 1.96 bits per heavy atom. The first kappa shape index (κ1) is 20.2. The van der Waals surface area contributed by atoms with Gasteiger partial charge in [-0.05, 0) is 43.1 Å². The van der Waals surface area contributed by atoms with Crippen molar-refractivity contribution in [1.82, 2.24) is 10.2 Å². The summed E-state index contributed by atoms with van der Waals surface area (Å²) in [4.78, 5) is 0. The van der Waals surface area contributed by atoms with Gasteiger partial charge in [-0.15, -0.1) is 10.2 Å². The third kappa shape index (κ3) is 5.71. The van der Waals surface area contributed by atoms with Crippen molar-refractivity contribution in [1.29, 1.82) is 0 Å². The van der Waals surface area contributed by atoms with Crippen molar-refractivity contribution in [2.45, 2.75) is 13.8 Å². The van der Waals surface area contributed by atoms with E-state index >= 15 is 0 Å². The van der Waals surface area contributed by atoms with Crippen LogP contribution in [-0.4, -0.2) is 27.7 Å². The molecule has 0 aliphatic carbocycles. The summed E-state index contributed by atoms with van der Waals surface area (Å²) >= 11 is 19.5. The highest BCUT2D eigenvalue weighted by atomic mass is 35.5. The maximum absolute atomic E-state index is 6.18. The van der Waals surface area contributed by atoms with Gasteiger partial charge in [0.05, 0.1) is 18.2 Å². The number of anilines is 1. The molecule has 0 spiro atoms. The van der Waals surface area contributed by atoms with E-state index in [2.05, 4.69) is 15.5 Å². The summed E-state index contributed by atoms with van der Waals surface area (Å²) in [6.07, 6.45) is 0. The van der Waals surface area contributed by atoms with Crippen LogP contribution in [0, 0.1) is 0 Å². The topological polar surface area (TPSA) is 56.3 Å². The van der Waals surface area contributed by atoms with Gasteiger partial charge in [0.15, 0.2) is 5.01 Å². The first-order valence-corrected chi connectivity index (χ1v) is 12.6. The number of benzene rings is 1. The SMILES string of the molecule is CCOP(=S)(OCC)SC(=S)Nc1nnc(-c2ccccc2Cl)s1. The van der Waals surface area contributed by atoms with Crippen molar-refractivity contribution in [3.05, 3.63) is 29.3 Å². The Labute approximate surface area is 164 Å². The van der Waals surface area contributed by atoms with Gasteiger partial charge in [-0.1, -0.05) is 53.4 Å². The Kier molecular flexibility index (Phi) is 8.03. The Hall–Kier alpha value is -0.120. The molecule has 0 saturated heterocycles. The first-order chi connectivity index (χ1) is 11.5. The molecule has 1 aromatic heterocycles. The quantitative estimate of drug-likeness (QED) is 0.442. The molecule has 0 aliphatic rings. The smallest absolute Gasteiger partial charge is 0.254 e. The third-order valence-electron chi connectivity index (χ3n) is 2.51. The average Bonchev–Trinajstić information content (AvgIpc) is 2.95. The van der Waals surface area contributed by atoms with Crippen LogP contribution in [0.3, 0.4) is 0 Å². The van der Waals surface area contributed by atoms with E-state index in [1.807, 2.05) is 38.1 Å². The van der Waals surface area contributed by atoms with Crippen molar-refractivity contribution in [3.63, 3.8) is 0 Å². The molecule has 11 heteroatoms. The van der Waals surface area contributed by atoms with E-state index in [1.54, 1.807) is 0 Å². The van der Waals surface area contributed by atoms with E-state index in [-0.39, 0.29) is 0 Å². The molecular weight excluding hydrogens is 425 g/mol. The van der Waals surface area contributed by atoms with Gasteiger partial charge in [0, 0.05) is 5.56 Å². The lowest BCUT2D eigenvalue weighted by atomic mass is 10.2. The minimum atomic E-state index is -2.49. The minimum Gasteiger partial charge on any atom is -0.322 e.